The summed E-state index contributed by atoms with van der Waals surface area (Å²) in [5.41, 5.74) is 1.38. The normalized spacial score (nSPS) is 20.1. The fraction of sp³-hybridized carbons (Fsp3) is 0.467. The van der Waals surface area contributed by atoms with Crippen LogP contribution in [0.5, 0.6) is 0 Å². The third-order valence-corrected chi connectivity index (χ3v) is 4.40. The molecule has 1 aliphatic heterocycles. The number of likely N-dealkylation sites (tertiary alicyclic amines) is 1. The number of rotatable bonds is 3. The molecule has 2 aromatic rings. The number of nitrogens with one attached hydrogen (secondary N) is 1. The summed E-state index contributed by atoms with van der Waals surface area (Å²) in [4.78, 5) is 2.52. The van der Waals surface area contributed by atoms with Crippen LogP contribution in [0, 0.1) is 4.77 Å². The fourth-order valence-electron chi connectivity index (χ4n) is 2.98. The zero-order valence-electron chi connectivity index (χ0n) is 11.7. The van der Waals surface area contributed by atoms with Gasteiger partial charge in [0.1, 0.15) is 5.82 Å². The maximum atomic E-state index is 5.21. The van der Waals surface area contributed by atoms with Crippen LogP contribution in [0.15, 0.2) is 30.3 Å². The van der Waals surface area contributed by atoms with Crippen LogP contribution in [0.2, 0.25) is 0 Å². The summed E-state index contributed by atoms with van der Waals surface area (Å²) in [5, 5.41) is 7.30. The van der Waals surface area contributed by atoms with E-state index in [1.807, 2.05) is 11.6 Å². The minimum Gasteiger partial charge on any atom is -0.307 e. The van der Waals surface area contributed by atoms with Gasteiger partial charge in [-0.25, -0.2) is 0 Å². The Morgan fingerprint density at radius 2 is 2.15 bits per heavy atom. The Labute approximate surface area is 124 Å². The van der Waals surface area contributed by atoms with Gasteiger partial charge in [-0.2, -0.15) is 5.10 Å². The average Bonchev–Trinajstić information content (AvgIpc) is 2.80. The van der Waals surface area contributed by atoms with Crippen molar-refractivity contribution in [2.45, 2.75) is 25.3 Å². The second-order valence-corrected chi connectivity index (χ2v) is 5.89. The molecule has 1 aromatic heterocycles. The second kappa shape index (κ2) is 5.89. The number of H-pyrrole nitrogens is 1. The number of aromatic nitrogens is 3. The van der Waals surface area contributed by atoms with Crippen LogP contribution in [-0.2, 0) is 13.6 Å². The average molecular weight is 288 g/mol. The summed E-state index contributed by atoms with van der Waals surface area (Å²) >= 11 is 5.21. The van der Waals surface area contributed by atoms with E-state index in [0.29, 0.717) is 10.7 Å². The van der Waals surface area contributed by atoms with Gasteiger partial charge in [0, 0.05) is 26.1 Å². The van der Waals surface area contributed by atoms with E-state index >= 15 is 0 Å². The number of aromatic amines is 1. The summed E-state index contributed by atoms with van der Waals surface area (Å²) in [7, 11) is 2.00. The van der Waals surface area contributed by atoms with Crippen molar-refractivity contribution in [3.8, 4) is 0 Å². The molecule has 4 nitrogen and oxygen atoms in total. The number of benzene rings is 1. The van der Waals surface area contributed by atoms with Crippen molar-refractivity contribution < 1.29 is 0 Å². The molecule has 1 saturated heterocycles. The molecule has 106 valence electrons. The van der Waals surface area contributed by atoms with Crippen LogP contribution < -0.4 is 0 Å². The molecule has 0 bridgehead atoms. The van der Waals surface area contributed by atoms with E-state index in [4.69, 9.17) is 12.2 Å². The van der Waals surface area contributed by atoms with Gasteiger partial charge in [0.05, 0.1) is 0 Å². The summed E-state index contributed by atoms with van der Waals surface area (Å²) in [6, 6.07) is 10.7. The first kappa shape index (κ1) is 13.5. The zero-order valence-corrected chi connectivity index (χ0v) is 12.6. The molecule has 0 saturated carbocycles. The second-order valence-electron chi connectivity index (χ2n) is 5.51. The van der Waals surface area contributed by atoms with Gasteiger partial charge in [-0.1, -0.05) is 30.3 Å². The molecule has 1 atom stereocenters. The fourth-order valence-corrected chi connectivity index (χ4v) is 3.11. The van der Waals surface area contributed by atoms with Crippen LogP contribution in [0.3, 0.4) is 0 Å². The predicted octanol–water partition coefficient (Wildman–Crippen LogP) is 2.86. The van der Waals surface area contributed by atoms with Gasteiger partial charge in [-0.3, -0.25) is 10.00 Å². The van der Waals surface area contributed by atoms with Gasteiger partial charge < -0.3 is 4.57 Å². The van der Waals surface area contributed by atoms with Crippen LogP contribution in [-0.4, -0.2) is 32.8 Å². The number of nitrogens with zero attached hydrogens (tertiary/aromatic N) is 3. The standard InChI is InChI=1S/C15H20N4S/c1-18-14(16-17-15(18)20)13-8-5-9-19(11-13)10-12-6-3-2-4-7-12/h2-4,6-7,13H,5,8-11H2,1H3,(H,17,20). The molecule has 5 heteroatoms. The van der Waals surface area contributed by atoms with Crippen molar-refractivity contribution in [2.75, 3.05) is 13.1 Å². The highest BCUT2D eigenvalue weighted by atomic mass is 32.1. The quantitative estimate of drug-likeness (QED) is 0.882. The van der Waals surface area contributed by atoms with Gasteiger partial charge >= 0.3 is 0 Å². The summed E-state index contributed by atoms with van der Waals surface area (Å²) in [6.07, 6.45) is 2.41. The highest BCUT2D eigenvalue weighted by molar-refractivity contribution is 7.71. The lowest BCUT2D eigenvalue weighted by Gasteiger charge is -2.32. The topological polar surface area (TPSA) is 36.9 Å². The third kappa shape index (κ3) is 2.83. The first-order chi connectivity index (χ1) is 9.74. The van der Waals surface area contributed by atoms with E-state index in [1.165, 1.54) is 24.9 Å². The first-order valence-corrected chi connectivity index (χ1v) is 7.52. The SMILES string of the molecule is Cn1c(C2CCCN(Cc3ccccc3)C2)n[nH]c1=S. The molecule has 1 N–H and O–H groups in total. The van der Waals surface area contributed by atoms with Crippen molar-refractivity contribution in [1.29, 1.82) is 0 Å². The zero-order chi connectivity index (χ0) is 13.9. The Hall–Kier alpha value is -1.46. The van der Waals surface area contributed by atoms with Crippen LogP contribution in [0.4, 0.5) is 0 Å². The molecule has 1 fully saturated rings. The van der Waals surface area contributed by atoms with Gasteiger partial charge in [0.25, 0.3) is 0 Å². The van der Waals surface area contributed by atoms with Crippen molar-refractivity contribution in [3.63, 3.8) is 0 Å². The Kier molecular flexibility index (Phi) is 3.98. The van der Waals surface area contributed by atoms with Crippen LogP contribution in [0.1, 0.15) is 30.1 Å². The molecular formula is C15H20N4S. The molecule has 1 unspecified atom stereocenters. The molecule has 0 spiro atoms. The summed E-state index contributed by atoms with van der Waals surface area (Å²) < 4.78 is 2.71. The van der Waals surface area contributed by atoms with Gasteiger partial charge in [0.2, 0.25) is 0 Å². The van der Waals surface area contributed by atoms with Gasteiger partial charge in [-0.15, -0.1) is 0 Å². The summed E-state index contributed by atoms with van der Waals surface area (Å²) in [5.74, 6) is 1.57. The first-order valence-electron chi connectivity index (χ1n) is 7.11. The molecule has 0 radical (unpaired) electrons. The molecule has 1 aromatic carbocycles. The lowest BCUT2D eigenvalue weighted by molar-refractivity contribution is 0.195. The third-order valence-electron chi connectivity index (χ3n) is 4.03. The molecule has 1 aliphatic rings. The van der Waals surface area contributed by atoms with Crippen molar-refractivity contribution in [3.05, 3.63) is 46.5 Å². The number of piperidine rings is 1. The van der Waals surface area contributed by atoms with Crippen LogP contribution in [0.25, 0.3) is 0 Å². The van der Waals surface area contributed by atoms with Crippen molar-refractivity contribution in [2.24, 2.45) is 7.05 Å². The number of hydrogen-bond acceptors (Lipinski definition) is 3. The summed E-state index contributed by atoms with van der Waals surface area (Å²) in [6.45, 7) is 3.24. The molecule has 20 heavy (non-hydrogen) atoms. The van der Waals surface area contributed by atoms with Gasteiger partial charge in [0.15, 0.2) is 4.77 Å². The Balaban J connectivity index is 1.71. The van der Waals surface area contributed by atoms with E-state index in [-0.39, 0.29) is 0 Å². The van der Waals surface area contributed by atoms with Crippen molar-refractivity contribution in [1.82, 2.24) is 19.7 Å². The lowest BCUT2D eigenvalue weighted by atomic mass is 9.96. The van der Waals surface area contributed by atoms with E-state index in [0.717, 1.165) is 18.9 Å². The smallest absolute Gasteiger partial charge is 0.194 e. The van der Waals surface area contributed by atoms with E-state index < -0.39 is 0 Å². The van der Waals surface area contributed by atoms with E-state index in [9.17, 15) is 0 Å². The monoisotopic (exact) mass is 288 g/mol. The van der Waals surface area contributed by atoms with E-state index in [2.05, 4.69) is 45.4 Å². The Bertz CT molecular complexity index is 616. The largest absolute Gasteiger partial charge is 0.307 e. The maximum absolute atomic E-state index is 5.21. The Morgan fingerprint density at radius 1 is 1.35 bits per heavy atom. The van der Waals surface area contributed by atoms with E-state index in [1.54, 1.807) is 0 Å². The maximum Gasteiger partial charge on any atom is 0.194 e. The predicted molar refractivity (Wildman–Crippen MR) is 82.1 cm³/mol. The highest BCUT2D eigenvalue weighted by Gasteiger charge is 2.24. The molecular weight excluding hydrogens is 268 g/mol. The van der Waals surface area contributed by atoms with Crippen molar-refractivity contribution >= 4 is 12.2 Å². The lowest BCUT2D eigenvalue weighted by Crippen LogP contribution is -2.34. The highest BCUT2D eigenvalue weighted by Crippen LogP contribution is 2.26. The van der Waals surface area contributed by atoms with Crippen LogP contribution >= 0.6 is 12.2 Å². The molecule has 3 rings (SSSR count). The minimum absolute atomic E-state index is 0.477. The number of hydrogen-bond donors (Lipinski definition) is 1. The molecule has 2 heterocycles. The minimum atomic E-state index is 0.477. The molecule has 0 aliphatic carbocycles. The Morgan fingerprint density at radius 3 is 2.85 bits per heavy atom. The molecule has 0 amide bonds. The van der Waals surface area contributed by atoms with Gasteiger partial charge in [-0.05, 0) is 37.2 Å².